The summed E-state index contributed by atoms with van der Waals surface area (Å²) in [4.78, 5) is 14.5. The molecule has 0 aliphatic carbocycles. The topological polar surface area (TPSA) is 65.3 Å². The summed E-state index contributed by atoms with van der Waals surface area (Å²) < 4.78 is 6.75. The Balaban J connectivity index is 2.20. The van der Waals surface area contributed by atoms with Crippen LogP contribution in [0.5, 0.6) is 5.75 Å². The molecule has 0 N–H and O–H groups in total. The first-order chi connectivity index (χ1) is 9.08. The number of nitro groups is 1. The first-order valence-electron chi connectivity index (χ1n) is 5.24. The highest BCUT2D eigenvalue weighted by molar-refractivity contribution is 9.10. The van der Waals surface area contributed by atoms with Crippen LogP contribution in [0, 0.1) is 10.1 Å². The summed E-state index contributed by atoms with van der Waals surface area (Å²) in [6.07, 6.45) is 1.62. The number of nitrogens with zero attached hydrogens (tertiary/aromatic N) is 2. The third-order valence-electron chi connectivity index (χ3n) is 2.35. The summed E-state index contributed by atoms with van der Waals surface area (Å²) in [5, 5.41) is 11.0. The van der Waals surface area contributed by atoms with Crippen molar-refractivity contribution < 1.29 is 9.66 Å². The lowest BCUT2D eigenvalue weighted by molar-refractivity contribution is -0.385. The predicted octanol–water partition coefficient (Wildman–Crippen LogP) is 4.09. The smallest absolute Gasteiger partial charge is 0.277 e. The molecule has 0 amide bonds. The second-order valence-electron chi connectivity index (χ2n) is 3.61. The van der Waals surface area contributed by atoms with Gasteiger partial charge in [0.25, 0.3) is 5.69 Å². The van der Waals surface area contributed by atoms with Gasteiger partial charge >= 0.3 is 0 Å². The fourth-order valence-electron chi connectivity index (χ4n) is 1.46. The molecular weight excluding hydrogens is 380 g/mol. The third-order valence-corrected chi connectivity index (χ3v) is 3.44. The lowest BCUT2D eigenvalue weighted by atomic mass is 10.2. The summed E-state index contributed by atoms with van der Waals surface area (Å²) in [6, 6.07) is 8.32. The second kappa shape index (κ2) is 6.12. The molecular formula is C12H8Br2N2O3. The van der Waals surface area contributed by atoms with Crippen LogP contribution < -0.4 is 4.74 Å². The number of hydrogen-bond donors (Lipinski definition) is 0. The normalized spacial score (nSPS) is 10.2. The van der Waals surface area contributed by atoms with Crippen molar-refractivity contribution >= 4 is 37.5 Å². The van der Waals surface area contributed by atoms with Gasteiger partial charge < -0.3 is 4.74 Å². The van der Waals surface area contributed by atoms with Crippen LogP contribution in [0.15, 0.2) is 45.6 Å². The van der Waals surface area contributed by atoms with Gasteiger partial charge in [0.2, 0.25) is 0 Å². The molecule has 98 valence electrons. The fraction of sp³-hybridized carbons (Fsp3) is 0.0833. The van der Waals surface area contributed by atoms with Crippen molar-refractivity contribution in [3.8, 4) is 5.75 Å². The van der Waals surface area contributed by atoms with E-state index in [0.29, 0.717) is 20.4 Å². The van der Waals surface area contributed by atoms with Gasteiger partial charge in [0.15, 0.2) is 5.75 Å². The average molecular weight is 388 g/mol. The Morgan fingerprint density at radius 2 is 2.11 bits per heavy atom. The highest BCUT2D eigenvalue weighted by atomic mass is 79.9. The highest BCUT2D eigenvalue weighted by Crippen LogP contribution is 2.27. The van der Waals surface area contributed by atoms with Gasteiger partial charge in [0.1, 0.15) is 11.2 Å². The highest BCUT2D eigenvalue weighted by Gasteiger charge is 2.15. The molecule has 1 heterocycles. The summed E-state index contributed by atoms with van der Waals surface area (Å²) >= 11 is 6.46. The van der Waals surface area contributed by atoms with Gasteiger partial charge in [-0.3, -0.25) is 10.1 Å². The molecule has 5 nitrogen and oxygen atoms in total. The first-order valence-corrected chi connectivity index (χ1v) is 6.82. The van der Waals surface area contributed by atoms with E-state index in [1.807, 2.05) is 0 Å². The molecule has 0 atom stereocenters. The van der Waals surface area contributed by atoms with Crippen LogP contribution in [-0.4, -0.2) is 9.91 Å². The molecule has 0 bridgehead atoms. The van der Waals surface area contributed by atoms with Gasteiger partial charge in [-0.1, -0.05) is 15.9 Å². The Morgan fingerprint density at radius 1 is 1.32 bits per heavy atom. The molecule has 0 saturated carbocycles. The van der Waals surface area contributed by atoms with Crippen molar-refractivity contribution in [1.29, 1.82) is 0 Å². The van der Waals surface area contributed by atoms with Gasteiger partial charge in [0, 0.05) is 16.7 Å². The van der Waals surface area contributed by atoms with E-state index in [4.69, 9.17) is 4.74 Å². The number of hydrogen-bond acceptors (Lipinski definition) is 4. The van der Waals surface area contributed by atoms with Crippen LogP contribution in [0.25, 0.3) is 0 Å². The molecule has 1 aromatic heterocycles. The summed E-state index contributed by atoms with van der Waals surface area (Å²) in [6.45, 7) is 0.105. The van der Waals surface area contributed by atoms with Gasteiger partial charge in [-0.15, -0.1) is 0 Å². The predicted molar refractivity (Wildman–Crippen MR) is 77.1 cm³/mol. The molecule has 19 heavy (non-hydrogen) atoms. The number of benzene rings is 1. The molecule has 0 saturated heterocycles. The monoisotopic (exact) mass is 386 g/mol. The number of rotatable bonds is 4. The zero-order valence-electron chi connectivity index (χ0n) is 9.55. The number of ether oxygens (including phenoxy) is 1. The molecule has 1 aromatic carbocycles. The molecule has 0 aliphatic heterocycles. The number of nitro benzene ring substituents is 1. The molecule has 2 rings (SSSR count). The third kappa shape index (κ3) is 3.51. The largest absolute Gasteiger partial charge is 0.486 e. The Kier molecular flexibility index (Phi) is 4.49. The zero-order valence-corrected chi connectivity index (χ0v) is 12.7. The molecule has 2 aromatic rings. The summed E-state index contributed by atoms with van der Waals surface area (Å²) in [7, 11) is 0. The van der Waals surface area contributed by atoms with E-state index < -0.39 is 4.92 Å². The Bertz CT molecular complexity index is 620. The van der Waals surface area contributed by atoms with Gasteiger partial charge in [-0.2, -0.15) is 0 Å². The average Bonchev–Trinajstić information content (AvgIpc) is 2.38. The standard InChI is InChI=1S/C12H8Br2N2O3/c13-9-4-3-8(10(6-9)16(17)18)7-19-11-2-1-5-15-12(11)14/h1-6H,7H2. The van der Waals surface area contributed by atoms with E-state index in [0.717, 1.165) is 0 Å². The maximum absolute atomic E-state index is 11.0. The van der Waals surface area contributed by atoms with E-state index in [1.54, 1.807) is 30.5 Å². The Hall–Kier alpha value is -1.47. The van der Waals surface area contributed by atoms with Crippen LogP contribution >= 0.6 is 31.9 Å². The van der Waals surface area contributed by atoms with Gasteiger partial charge in [0.05, 0.1) is 10.5 Å². The zero-order chi connectivity index (χ0) is 13.8. The second-order valence-corrected chi connectivity index (χ2v) is 5.28. The SMILES string of the molecule is O=[N+]([O-])c1cc(Br)ccc1COc1cccnc1Br. The van der Waals surface area contributed by atoms with E-state index in [1.165, 1.54) is 6.07 Å². The minimum absolute atomic E-state index is 0.0226. The summed E-state index contributed by atoms with van der Waals surface area (Å²) in [5.74, 6) is 0.541. The van der Waals surface area contributed by atoms with E-state index in [9.17, 15) is 10.1 Å². The van der Waals surface area contributed by atoms with Crippen molar-refractivity contribution in [2.24, 2.45) is 0 Å². The van der Waals surface area contributed by atoms with Gasteiger partial charge in [-0.25, -0.2) is 4.98 Å². The number of halogens is 2. The van der Waals surface area contributed by atoms with Crippen molar-refractivity contribution in [1.82, 2.24) is 4.98 Å². The van der Waals surface area contributed by atoms with Crippen LogP contribution in [0.1, 0.15) is 5.56 Å². The molecule has 0 spiro atoms. The lowest BCUT2D eigenvalue weighted by Gasteiger charge is -2.08. The van der Waals surface area contributed by atoms with Crippen molar-refractivity contribution in [2.45, 2.75) is 6.61 Å². The van der Waals surface area contributed by atoms with E-state index >= 15 is 0 Å². The van der Waals surface area contributed by atoms with Crippen LogP contribution in [0.2, 0.25) is 0 Å². The maximum atomic E-state index is 11.0. The molecule has 0 fully saturated rings. The van der Waals surface area contributed by atoms with Gasteiger partial charge in [-0.05, 0) is 40.2 Å². The summed E-state index contributed by atoms with van der Waals surface area (Å²) in [5.41, 5.74) is 0.526. The van der Waals surface area contributed by atoms with E-state index in [-0.39, 0.29) is 12.3 Å². The quantitative estimate of drug-likeness (QED) is 0.450. The van der Waals surface area contributed by atoms with Crippen LogP contribution in [0.4, 0.5) is 5.69 Å². The van der Waals surface area contributed by atoms with Crippen molar-refractivity contribution in [3.05, 3.63) is 61.3 Å². The minimum atomic E-state index is -0.429. The van der Waals surface area contributed by atoms with E-state index in [2.05, 4.69) is 36.8 Å². The molecule has 7 heteroatoms. The maximum Gasteiger partial charge on any atom is 0.277 e. The molecule has 0 unspecified atom stereocenters. The molecule has 0 aliphatic rings. The lowest BCUT2D eigenvalue weighted by Crippen LogP contribution is -2.01. The fourth-order valence-corrected chi connectivity index (χ4v) is 2.18. The number of pyridine rings is 1. The minimum Gasteiger partial charge on any atom is -0.486 e. The first kappa shape index (κ1) is 14.0. The molecule has 0 radical (unpaired) electrons. The van der Waals surface area contributed by atoms with Crippen molar-refractivity contribution in [2.75, 3.05) is 0 Å². The van der Waals surface area contributed by atoms with Crippen LogP contribution in [0.3, 0.4) is 0 Å². The van der Waals surface area contributed by atoms with Crippen LogP contribution in [-0.2, 0) is 6.61 Å². The Morgan fingerprint density at radius 3 is 2.79 bits per heavy atom. The Labute approximate surface area is 126 Å². The van der Waals surface area contributed by atoms with Crippen molar-refractivity contribution in [3.63, 3.8) is 0 Å². The number of aromatic nitrogens is 1.